The first-order valence-electron chi connectivity index (χ1n) is 6.91. The molecule has 122 valence electrons. The van der Waals surface area contributed by atoms with Crippen LogP contribution in [0.3, 0.4) is 0 Å². The van der Waals surface area contributed by atoms with Crippen molar-refractivity contribution in [2.75, 3.05) is 11.9 Å². The second-order valence-corrected chi connectivity index (χ2v) is 4.90. The number of carbonyl (C=O) groups excluding carboxylic acids is 1. The van der Waals surface area contributed by atoms with Crippen LogP contribution in [0.1, 0.15) is 0 Å². The van der Waals surface area contributed by atoms with Crippen LogP contribution < -0.4 is 15.7 Å². The van der Waals surface area contributed by atoms with Gasteiger partial charge in [0.15, 0.2) is 12.4 Å². The van der Waals surface area contributed by atoms with Crippen molar-refractivity contribution in [3.63, 3.8) is 0 Å². The number of aromatic nitrogens is 2. The number of nitrogens with zero attached hydrogens (tertiary/aromatic N) is 1. The van der Waals surface area contributed by atoms with E-state index in [4.69, 9.17) is 4.74 Å². The number of fused-ring (bicyclic) bond motifs is 1. The molecule has 9 nitrogen and oxygen atoms in total. The first kappa shape index (κ1) is 15.3. The van der Waals surface area contributed by atoms with E-state index in [1.165, 1.54) is 18.2 Å². The molecule has 0 unspecified atom stereocenters. The number of hydrogen-bond donors (Lipinski definition) is 3. The third kappa shape index (κ3) is 3.24. The van der Waals surface area contributed by atoms with E-state index in [-0.39, 0.29) is 23.7 Å². The van der Waals surface area contributed by atoms with E-state index in [1.807, 2.05) is 0 Å². The third-order valence-electron chi connectivity index (χ3n) is 3.22. The Morgan fingerprint density at radius 1 is 1.17 bits per heavy atom. The molecule has 24 heavy (non-hydrogen) atoms. The number of benzene rings is 2. The first-order valence-corrected chi connectivity index (χ1v) is 6.91. The number of amides is 1. The Morgan fingerprint density at radius 3 is 2.71 bits per heavy atom. The predicted molar refractivity (Wildman–Crippen MR) is 86.1 cm³/mol. The van der Waals surface area contributed by atoms with Crippen LogP contribution in [0.15, 0.2) is 47.3 Å². The molecule has 1 heterocycles. The highest BCUT2D eigenvalue weighted by Gasteiger charge is 2.15. The van der Waals surface area contributed by atoms with E-state index in [0.717, 1.165) is 0 Å². The minimum atomic E-state index is -0.580. The topological polar surface area (TPSA) is 130 Å². The lowest BCUT2D eigenvalue weighted by atomic mass is 10.2. The first-order chi connectivity index (χ1) is 11.5. The fourth-order valence-electron chi connectivity index (χ4n) is 2.18. The number of H-pyrrole nitrogens is 2. The molecule has 0 saturated carbocycles. The molecule has 1 aromatic heterocycles. The Kier molecular flexibility index (Phi) is 3.98. The smallest absolute Gasteiger partial charge is 0.323 e. The van der Waals surface area contributed by atoms with Crippen molar-refractivity contribution in [2.45, 2.75) is 0 Å². The summed E-state index contributed by atoms with van der Waals surface area (Å²) in [6.45, 7) is -0.382. The molecule has 0 fully saturated rings. The van der Waals surface area contributed by atoms with Gasteiger partial charge >= 0.3 is 11.4 Å². The van der Waals surface area contributed by atoms with Crippen molar-refractivity contribution in [1.82, 2.24) is 9.97 Å². The highest BCUT2D eigenvalue weighted by atomic mass is 16.6. The van der Waals surface area contributed by atoms with Crippen molar-refractivity contribution in [3.8, 4) is 5.75 Å². The third-order valence-corrected chi connectivity index (χ3v) is 3.22. The maximum atomic E-state index is 11.9. The van der Waals surface area contributed by atoms with E-state index in [2.05, 4.69) is 15.3 Å². The molecule has 0 spiro atoms. The van der Waals surface area contributed by atoms with Crippen molar-refractivity contribution >= 4 is 28.3 Å². The zero-order valence-electron chi connectivity index (χ0n) is 12.2. The number of para-hydroxylation sites is 2. The average molecular weight is 328 g/mol. The van der Waals surface area contributed by atoms with Gasteiger partial charge in [-0.15, -0.1) is 0 Å². The number of nitrogens with one attached hydrogen (secondary N) is 3. The Hall–Kier alpha value is -3.62. The van der Waals surface area contributed by atoms with Gasteiger partial charge in [-0.2, -0.15) is 0 Å². The lowest BCUT2D eigenvalue weighted by Gasteiger charge is -2.07. The summed E-state index contributed by atoms with van der Waals surface area (Å²) in [7, 11) is 0. The number of anilines is 1. The molecular weight excluding hydrogens is 316 g/mol. The molecule has 3 rings (SSSR count). The quantitative estimate of drug-likeness (QED) is 0.485. The van der Waals surface area contributed by atoms with Crippen molar-refractivity contribution in [2.24, 2.45) is 0 Å². The van der Waals surface area contributed by atoms with Crippen LogP contribution in [0.2, 0.25) is 0 Å². The summed E-state index contributed by atoms with van der Waals surface area (Å²) >= 11 is 0. The molecule has 0 bridgehead atoms. The lowest BCUT2D eigenvalue weighted by molar-refractivity contribution is -0.385. The van der Waals surface area contributed by atoms with Gasteiger partial charge < -0.3 is 20.0 Å². The Morgan fingerprint density at radius 2 is 1.92 bits per heavy atom. The van der Waals surface area contributed by atoms with Gasteiger partial charge in [0.05, 0.1) is 16.0 Å². The summed E-state index contributed by atoms with van der Waals surface area (Å²) < 4.78 is 5.21. The van der Waals surface area contributed by atoms with E-state index in [9.17, 15) is 19.7 Å². The molecule has 9 heteroatoms. The minimum Gasteiger partial charge on any atom is -0.477 e. The number of hydrogen-bond acceptors (Lipinski definition) is 5. The maximum Gasteiger partial charge on any atom is 0.323 e. The van der Waals surface area contributed by atoms with Gasteiger partial charge in [-0.25, -0.2) is 4.79 Å². The fourth-order valence-corrected chi connectivity index (χ4v) is 2.18. The van der Waals surface area contributed by atoms with Crippen LogP contribution in [0, 0.1) is 10.1 Å². The summed E-state index contributed by atoms with van der Waals surface area (Å²) in [4.78, 5) is 38.6. The van der Waals surface area contributed by atoms with E-state index >= 15 is 0 Å². The highest BCUT2D eigenvalue weighted by Crippen LogP contribution is 2.25. The molecule has 3 aromatic rings. The highest BCUT2D eigenvalue weighted by molar-refractivity contribution is 5.93. The van der Waals surface area contributed by atoms with Gasteiger partial charge in [0, 0.05) is 11.8 Å². The van der Waals surface area contributed by atoms with Gasteiger partial charge in [-0.3, -0.25) is 14.9 Å². The zero-order valence-corrected chi connectivity index (χ0v) is 12.2. The molecule has 0 aliphatic heterocycles. The molecule has 0 radical (unpaired) electrons. The Balaban J connectivity index is 1.67. The second-order valence-electron chi connectivity index (χ2n) is 4.90. The van der Waals surface area contributed by atoms with E-state index < -0.39 is 10.8 Å². The number of rotatable bonds is 5. The zero-order chi connectivity index (χ0) is 17.1. The van der Waals surface area contributed by atoms with Gasteiger partial charge in [0.1, 0.15) is 0 Å². The number of carbonyl (C=O) groups is 1. The molecule has 1 amide bonds. The number of nitro benzene ring substituents is 1. The molecule has 2 aromatic carbocycles. The van der Waals surface area contributed by atoms with Gasteiger partial charge in [-0.05, 0) is 24.3 Å². The molecule has 0 aliphatic rings. The molecular formula is C15H12N4O5. The van der Waals surface area contributed by atoms with Crippen LogP contribution in [-0.4, -0.2) is 27.4 Å². The number of ether oxygens (including phenoxy) is 1. The largest absolute Gasteiger partial charge is 0.477 e. The molecule has 0 saturated heterocycles. The van der Waals surface area contributed by atoms with Crippen molar-refractivity contribution < 1.29 is 14.5 Å². The molecule has 3 N–H and O–H groups in total. The van der Waals surface area contributed by atoms with Crippen LogP contribution in [0.4, 0.5) is 11.4 Å². The van der Waals surface area contributed by atoms with Crippen LogP contribution in [0.25, 0.3) is 11.0 Å². The summed E-state index contributed by atoms with van der Waals surface area (Å²) in [5.41, 5.74) is 1.09. The summed E-state index contributed by atoms with van der Waals surface area (Å²) in [5.74, 6) is -0.464. The number of imidazole rings is 1. The van der Waals surface area contributed by atoms with Crippen LogP contribution >= 0.6 is 0 Å². The summed E-state index contributed by atoms with van der Waals surface area (Å²) in [6, 6.07) is 10.7. The van der Waals surface area contributed by atoms with Crippen LogP contribution in [0.5, 0.6) is 5.75 Å². The van der Waals surface area contributed by atoms with Gasteiger partial charge in [0.25, 0.3) is 5.91 Å². The second kappa shape index (κ2) is 6.24. The predicted octanol–water partition coefficient (Wildman–Crippen LogP) is 1.78. The van der Waals surface area contributed by atoms with Crippen molar-refractivity contribution in [1.29, 1.82) is 0 Å². The number of aromatic amines is 2. The summed E-state index contributed by atoms with van der Waals surface area (Å²) in [5, 5.41) is 13.5. The summed E-state index contributed by atoms with van der Waals surface area (Å²) in [6.07, 6.45) is 0. The van der Waals surface area contributed by atoms with Crippen LogP contribution in [-0.2, 0) is 4.79 Å². The lowest BCUT2D eigenvalue weighted by Crippen LogP contribution is -2.20. The Bertz CT molecular complexity index is 975. The molecule has 0 atom stereocenters. The standard InChI is InChI=1S/C15H12N4O5/c20-14(8-24-13-4-2-1-3-12(13)19(22)23)16-9-5-6-10-11(7-9)18-15(21)17-10/h1-7H,8H2,(H,16,20)(H2,17,18,21). The fraction of sp³-hybridized carbons (Fsp3) is 0.0667. The average Bonchev–Trinajstić information content (AvgIpc) is 2.92. The monoisotopic (exact) mass is 328 g/mol. The van der Waals surface area contributed by atoms with E-state index in [0.29, 0.717) is 16.7 Å². The molecule has 0 aliphatic carbocycles. The van der Waals surface area contributed by atoms with Gasteiger partial charge in [-0.1, -0.05) is 12.1 Å². The number of nitro groups is 1. The maximum absolute atomic E-state index is 11.9. The normalized spacial score (nSPS) is 10.5. The SMILES string of the molecule is O=C(COc1ccccc1[N+](=O)[O-])Nc1ccc2[nH]c(=O)[nH]c2c1. The van der Waals surface area contributed by atoms with Crippen molar-refractivity contribution in [3.05, 3.63) is 63.1 Å². The van der Waals surface area contributed by atoms with E-state index in [1.54, 1.807) is 24.3 Å². The minimum absolute atomic E-state index is 0.0167. The van der Waals surface area contributed by atoms with Gasteiger partial charge in [0.2, 0.25) is 0 Å². The Labute approximate surface area is 134 Å².